The molecule has 4 aromatic carbocycles. The largest absolute Gasteiger partial charge is 0.324 e. The molecule has 6 nitrogen and oxygen atoms in total. The Bertz CT molecular complexity index is 1620. The van der Waals surface area contributed by atoms with Gasteiger partial charge in [0.25, 0.3) is 5.91 Å². The Balaban J connectivity index is 1.36. The molecular formula is C31H28BrN5O. The van der Waals surface area contributed by atoms with Crippen molar-refractivity contribution in [2.45, 2.75) is 13.5 Å². The van der Waals surface area contributed by atoms with Crippen LogP contribution in [0.2, 0.25) is 0 Å². The highest BCUT2D eigenvalue weighted by atomic mass is 79.9. The molecule has 0 aliphatic heterocycles. The quantitative estimate of drug-likeness (QED) is 0.215. The van der Waals surface area contributed by atoms with Gasteiger partial charge in [-0.2, -0.15) is 0 Å². The van der Waals surface area contributed by atoms with E-state index in [1.165, 1.54) is 0 Å². The lowest BCUT2D eigenvalue weighted by atomic mass is 10.1. The molecule has 0 radical (unpaired) electrons. The van der Waals surface area contributed by atoms with Crippen molar-refractivity contribution >= 4 is 50.1 Å². The number of aryl methyl sites for hydroxylation is 1. The molecule has 0 atom stereocenters. The molecule has 0 unspecified atom stereocenters. The number of amides is 1. The van der Waals surface area contributed by atoms with Crippen molar-refractivity contribution in [2.75, 3.05) is 24.7 Å². The van der Waals surface area contributed by atoms with Crippen LogP contribution in [0.1, 0.15) is 21.5 Å². The van der Waals surface area contributed by atoms with Gasteiger partial charge in [-0.1, -0.05) is 58.4 Å². The fraction of sp³-hybridized carbons (Fsp3) is 0.129. The number of rotatable bonds is 7. The van der Waals surface area contributed by atoms with E-state index in [-0.39, 0.29) is 5.91 Å². The normalized spacial score (nSPS) is 11.1. The van der Waals surface area contributed by atoms with Crippen molar-refractivity contribution in [1.82, 2.24) is 14.9 Å². The summed E-state index contributed by atoms with van der Waals surface area (Å²) in [6, 6.07) is 29.5. The van der Waals surface area contributed by atoms with E-state index in [9.17, 15) is 4.79 Å². The van der Waals surface area contributed by atoms with Crippen LogP contribution in [0.5, 0.6) is 0 Å². The first kappa shape index (κ1) is 25.6. The first-order chi connectivity index (χ1) is 18.4. The molecule has 0 fully saturated rings. The van der Waals surface area contributed by atoms with Crippen LogP contribution >= 0.6 is 15.9 Å². The summed E-state index contributed by atoms with van der Waals surface area (Å²) < 4.78 is 0.987. The van der Waals surface area contributed by atoms with E-state index in [2.05, 4.69) is 37.5 Å². The van der Waals surface area contributed by atoms with Crippen LogP contribution in [0.4, 0.5) is 17.3 Å². The van der Waals surface area contributed by atoms with Gasteiger partial charge >= 0.3 is 0 Å². The van der Waals surface area contributed by atoms with Crippen LogP contribution in [0.25, 0.3) is 22.2 Å². The molecule has 7 heteroatoms. The van der Waals surface area contributed by atoms with Gasteiger partial charge in [-0.15, -0.1) is 0 Å². The lowest BCUT2D eigenvalue weighted by molar-refractivity contribution is 0.102. The molecule has 0 bridgehead atoms. The Labute approximate surface area is 230 Å². The van der Waals surface area contributed by atoms with Crippen LogP contribution in [-0.2, 0) is 6.54 Å². The zero-order valence-corrected chi connectivity index (χ0v) is 23.1. The number of anilines is 3. The number of carbonyl (C=O) groups is 1. The van der Waals surface area contributed by atoms with Gasteiger partial charge in [0.15, 0.2) is 0 Å². The standard InChI is InChI=1S/C31H28BrN5O/c1-20-11-12-21(19-37(2)3)17-28(20)34-30(38)22-13-15-25(16-14-22)33-31-35-27-10-5-4-9-26(27)29(36-31)23-7-6-8-24(32)18-23/h4-18H,19H2,1-3H3,(H,34,38)(H,33,35,36). The molecule has 0 spiro atoms. The number of benzene rings is 4. The Kier molecular flexibility index (Phi) is 7.49. The second kappa shape index (κ2) is 11.1. The van der Waals surface area contributed by atoms with Gasteiger partial charge in [0.05, 0.1) is 11.2 Å². The summed E-state index contributed by atoms with van der Waals surface area (Å²) in [4.78, 5) is 24.6. The van der Waals surface area contributed by atoms with Gasteiger partial charge in [-0.3, -0.25) is 4.79 Å². The zero-order chi connectivity index (χ0) is 26.6. The van der Waals surface area contributed by atoms with Crippen molar-refractivity contribution in [3.63, 3.8) is 0 Å². The average Bonchev–Trinajstić information content (AvgIpc) is 2.90. The maximum atomic E-state index is 13.0. The minimum Gasteiger partial charge on any atom is -0.324 e. The minimum absolute atomic E-state index is 0.152. The molecule has 2 N–H and O–H groups in total. The third kappa shape index (κ3) is 5.90. The molecule has 1 aromatic heterocycles. The Morgan fingerprint density at radius 1 is 0.895 bits per heavy atom. The first-order valence-corrected chi connectivity index (χ1v) is 13.1. The molecule has 0 aliphatic rings. The lowest BCUT2D eigenvalue weighted by Gasteiger charge is -2.14. The van der Waals surface area contributed by atoms with Crippen molar-refractivity contribution < 1.29 is 4.79 Å². The van der Waals surface area contributed by atoms with E-state index in [1.807, 2.05) is 93.8 Å². The fourth-order valence-electron chi connectivity index (χ4n) is 4.28. The predicted octanol–water partition coefficient (Wildman–Crippen LogP) is 7.43. The number of nitrogens with zero attached hydrogens (tertiary/aromatic N) is 3. The summed E-state index contributed by atoms with van der Waals surface area (Å²) in [6.45, 7) is 2.80. The number of hydrogen-bond donors (Lipinski definition) is 2. The SMILES string of the molecule is Cc1ccc(CN(C)C)cc1NC(=O)c1ccc(Nc2nc(-c3cccc(Br)c3)c3ccccc3n2)cc1. The third-order valence-corrected chi connectivity index (χ3v) is 6.65. The summed E-state index contributed by atoms with van der Waals surface area (Å²) in [5.74, 6) is 0.338. The third-order valence-electron chi connectivity index (χ3n) is 6.15. The molecule has 5 rings (SSSR count). The molecule has 190 valence electrons. The molecule has 0 aliphatic carbocycles. The number of fused-ring (bicyclic) bond motifs is 1. The van der Waals surface area contributed by atoms with Gasteiger partial charge in [-0.05, 0) is 80.7 Å². The van der Waals surface area contributed by atoms with Crippen molar-refractivity contribution in [3.8, 4) is 11.3 Å². The highest BCUT2D eigenvalue weighted by Crippen LogP contribution is 2.30. The van der Waals surface area contributed by atoms with Crippen LogP contribution < -0.4 is 10.6 Å². The number of para-hydroxylation sites is 1. The van der Waals surface area contributed by atoms with Crippen molar-refractivity contribution in [3.05, 3.63) is 112 Å². The zero-order valence-electron chi connectivity index (χ0n) is 21.5. The van der Waals surface area contributed by atoms with E-state index < -0.39 is 0 Å². The number of carbonyl (C=O) groups excluding carboxylic acids is 1. The van der Waals surface area contributed by atoms with Crippen LogP contribution in [0.15, 0.2) is 95.5 Å². The molecule has 1 heterocycles. The lowest BCUT2D eigenvalue weighted by Crippen LogP contribution is -2.14. The highest BCUT2D eigenvalue weighted by Gasteiger charge is 2.12. The Morgan fingerprint density at radius 2 is 1.68 bits per heavy atom. The van der Waals surface area contributed by atoms with E-state index >= 15 is 0 Å². The summed E-state index contributed by atoms with van der Waals surface area (Å²) in [6.07, 6.45) is 0. The first-order valence-electron chi connectivity index (χ1n) is 12.3. The maximum Gasteiger partial charge on any atom is 0.255 e. The van der Waals surface area contributed by atoms with E-state index in [0.717, 1.165) is 55.7 Å². The van der Waals surface area contributed by atoms with Gasteiger partial charge in [0.1, 0.15) is 0 Å². The van der Waals surface area contributed by atoms with Gasteiger partial charge in [0.2, 0.25) is 5.95 Å². The Morgan fingerprint density at radius 3 is 2.45 bits per heavy atom. The van der Waals surface area contributed by atoms with Gasteiger partial charge < -0.3 is 15.5 Å². The fourth-order valence-corrected chi connectivity index (χ4v) is 4.68. The van der Waals surface area contributed by atoms with Crippen LogP contribution in [-0.4, -0.2) is 34.9 Å². The number of nitrogens with one attached hydrogen (secondary N) is 2. The number of hydrogen-bond acceptors (Lipinski definition) is 5. The topological polar surface area (TPSA) is 70.2 Å². The summed E-state index contributed by atoms with van der Waals surface area (Å²) in [5, 5.41) is 7.33. The number of aromatic nitrogens is 2. The number of halogens is 1. The summed E-state index contributed by atoms with van der Waals surface area (Å²) in [7, 11) is 4.05. The molecule has 1 amide bonds. The van der Waals surface area contributed by atoms with Crippen LogP contribution in [0.3, 0.4) is 0 Å². The molecule has 5 aromatic rings. The maximum absolute atomic E-state index is 13.0. The molecule has 0 saturated carbocycles. The monoisotopic (exact) mass is 565 g/mol. The molecule has 38 heavy (non-hydrogen) atoms. The van der Waals surface area contributed by atoms with Crippen LogP contribution in [0, 0.1) is 6.92 Å². The summed E-state index contributed by atoms with van der Waals surface area (Å²) >= 11 is 3.56. The second-order valence-corrected chi connectivity index (χ2v) is 10.4. The van der Waals surface area contributed by atoms with E-state index in [4.69, 9.17) is 9.97 Å². The molecule has 0 saturated heterocycles. The summed E-state index contributed by atoms with van der Waals surface area (Å²) in [5.41, 5.74) is 7.05. The van der Waals surface area contributed by atoms with Gasteiger partial charge in [0, 0.05) is 38.9 Å². The van der Waals surface area contributed by atoms with E-state index in [0.29, 0.717) is 11.5 Å². The highest BCUT2D eigenvalue weighted by molar-refractivity contribution is 9.10. The smallest absolute Gasteiger partial charge is 0.255 e. The second-order valence-electron chi connectivity index (χ2n) is 9.47. The Hall–Kier alpha value is -4.07. The van der Waals surface area contributed by atoms with Gasteiger partial charge in [-0.25, -0.2) is 9.97 Å². The predicted molar refractivity (Wildman–Crippen MR) is 159 cm³/mol. The van der Waals surface area contributed by atoms with Crippen molar-refractivity contribution in [2.24, 2.45) is 0 Å². The minimum atomic E-state index is -0.152. The van der Waals surface area contributed by atoms with E-state index in [1.54, 1.807) is 12.1 Å². The molecular weight excluding hydrogens is 538 g/mol. The average molecular weight is 567 g/mol. The van der Waals surface area contributed by atoms with Crippen molar-refractivity contribution in [1.29, 1.82) is 0 Å².